The van der Waals surface area contributed by atoms with Gasteiger partial charge in [-0.05, 0) is 12.1 Å². The molecule has 0 saturated heterocycles. The summed E-state index contributed by atoms with van der Waals surface area (Å²) in [6.45, 7) is 0. The number of hydrogen-bond acceptors (Lipinski definition) is 4. The molecule has 0 amide bonds. The second-order valence-corrected chi connectivity index (χ2v) is 4.17. The van der Waals surface area contributed by atoms with E-state index in [1.54, 1.807) is 0 Å². The predicted molar refractivity (Wildman–Crippen MR) is 46.8 cm³/mol. The molecule has 0 unspecified atom stereocenters. The summed E-state index contributed by atoms with van der Waals surface area (Å²) < 4.78 is 59.9. The fourth-order valence-electron chi connectivity index (χ4n) is 0.769. The Bertz CT molecular complexity index is 478. The van der Waals surface area contributed by atoms with Crippen LogP contribution in [-0.2, 0) is 14.3 Å². The van der Waals surface area contributed by atoms with Gasteiger partial charge in [-0.3, -0.25) is 0 Å². The van der Waals surface area contributed by atoms with Crippen molar-refractivity contribution in [1.82, 2.24) is 0 Å². The van der Waals surface area contributed by atoms with Gasteiger partial charge in [0, 0.05) is 0 Å². The highest BCUT2D eigenvalue weighted by Crippen LogP contribution is 2.25. The van der Waals surface area contributed by atoms with Gasteiger partial charge in [0.15, 0.2) is 0 Å². The summed E-state index contributed by atoms with van der Waals surface area (Å²) >= 11 is 0. The van der Waals surface area contributed by atoms with E-state index in [-0.39, 0.29) is 5.56 Å². The van der Waals surface area contributed by atoms with Crippen LogP contribution in [0.4, 0.5) is 13.2 Å². The van der Waals surface area contributed by atoms with Crippen molar-refractivity contribution in [1.29, 1.82) is 0 Å². The van der Waals surface area contributed by atoms with E-state index >= 15 is 0 Å². The van der Waals surface area contributed by atoms with Gasteiger partial charge in [0.25, 0.3) is 0 Å². The SMILES string of the molecule is O=C(OS(=O)(=O)C(F)(F)F)c1ccccc1. The Morgan fingerprint density at radius 1 is 1.12 bits per heavy atom. The van der Waals surface area contributed by atoms with E-state index in [1.165, 1.54) is 18.2 Å². The molecule has 1 rings (SSSR count). The van der Waals surface area contributed by atoms with E-state index in [9.17, 15) is 26.4 Å². The van der Waals surface area contributed by atoms with Crippen molar-refractivity contribution in [3.8, 4) is 0 Å². The molecule has 1 aromatic rings. The summed E-state index contributed by atoms with van der Waals surface area (Å²) in [7, 11) is -5.89. The predicted octanol–water partition coefficient (Wildman–Crippen LogP) is 1.69. The maximum absolute atomic E-state index is 11.8. The fraction of sp³-hybridized carbons (Fsp3) is 0.125. The third kappa shape index (κ3) is 2.72. The minimum Gasteiger partial charge on any atom is -0.335 e. The molecular weight excluding hydrogens is 249 g/mol. The highest BCUT2D eigenvalue weighted by Gasteiger charge is 2.49. The molecule has 0 saturated carbocycles. The number of benzene rings is 1. The molecule has 0 aliphatic heterocycles. The molecule has 0 fully saturated rings. The minimum absolute atomic E-state index is 0.282. The van der Waals surface area contributed by atoms with E-state index in [1.807, 2.05) is 0 Å². The van der Waals surface area contributed by atoms with E-state index in [0.717, 1.165) is 12.1 Å². The molecule has 0 atom stereocenters. The fourth-order valence-corrected chi connectivity index (χ4v) is 1.16. The molecule has 16 heavy (non-hydrogen) atoms. The Morgan fingerprint density at radius 3 is 2.06 bits per heavy atom. The lowest BCUT2D eigenvalue weighted by Crippen LogP contribution is -2.28. The van der Waals surface area contributed by atoms with Gasteiger partial charge in [0.1, 0.15) is 0 Å². The van der Waals surface area contributed by atoms with E-state index in [4.69, 9.17) is 0 Å². The monoisotopic (exact) mass is 254 g/mol. The number of carbonyl (C=O) groups is 1. The van der Waals surface area contributed by atoms with Gasteiger partial charge in [0.2, 0.25) is 0 Å². The minimum atomic E-state index is -5.89. The van der Waals surface area contributed by atoms with Crippen LogP contribution in [0.3, 0.4) is 0 Å². The quantitative estimate of drug-likeness (QED) is 0.595. The number of alkyl halides is 3. The first-order chi connectivity index (χ1) is 7.24. The maximum atomic E-state index is 11.8. The average molecular weight is 254 g/mol. The van der Waals surface area contributed by atoms with Crippen molar-refractivity contribution >= 4 is 16.1 Å². The van der Waals surface area contributed by atoms with Crippen LogP contribution < -0.4 is 0 Å². The first kappa shape index (κ1) is 12.5. The largest absolute Gasteiger partial charge is 0.534 e. The van der Waals surface area contributed by atoms with Gasteiger partial charge in [0.05, 0.1) is 5.56 Å². The van der Waals surface area contributed by atoms with Crippen molar-refractivity contribution in [2.24, 2.45) is 0 Å². The second kappa shape index (κ2) is 4.12. The molecule has 0 spiro atoms. The van der Waals surface area contributed by atoms with Crippen LogP contribution in [0, 0.1) is 0 Å². The third-order valence-corrected chi connectivity index (χ3v) is 2.42. The summed E-state index contributed by atoms with van der Waals surface area (Å²) in [5.41, 5.74) is -5.90. The summed E-state index contributed by atoms with van der Waals surface area (Å²) in [5.74, 6) is -1.57. The van der Waals surface area contributed by atoms with Crippen molar-refractivity contribution in [3.63, 3.8) is 0 Å². The Morgan fingerprint density at radius 2 is 1.62 bits per heavy atom. The standard InChI is InChI=1S/C8H5F3O4S/c9-8(10,11)16(13,14)15-7(12)6-4-2-1-3-5-6/h1-5H. The number of halogens is 3. The highest BCUT2D eigenvalue weighted by molar-refractivity contribution is 7.88. The van der Waals surface area contributed by atoms with Crippen molar-refractivity contribution in [2.45, 2.75) is 5.51 Å². The average Bonchev–Trinajstić information content (AvgIpc) is 2.16. The first-order valence-electron chi connectivity index (χ1n) is 3.84. The van der Waals surface area contributed by atoms with Crippen molar-refractivity contribution < 1.29 is 30.6 Å². The molecular formula is C8H5F3O4S. The molecule has 0 aromatic heterocycles. The number of carbonyl (C=O) groups excluding carboxylic acids is 1. The van der Waals surface area contributed by atoms with Gasteiger partial charge < -0.3 is 4.18 Å². The third-order valence-electron chi connectivity index (χ3n) is 1.48. The Kier molecular flexibility index (Phi) is 3.22. The van der Waals surface area contributed by atoms with Crippen LogP contribution in [-0.4, -0.2) is 19.9 Å². The Labute approximate surface area is 88.8 Å². The summed E-state index contributed by atoms with van der Waals surface area (Å²) in [6.07, 6.45) is 0. The number of hydrogen-bond donors (Lipinski definition) is 0. The molecule has 0 N–H and O–H groups in total. The molecule has 0 aliphatic carbocycles. The van der Waals surface area contributed by atoms with Crippen LogP contribution >= 0.6 is 0 Å². The van der Waals surface area contributed by atoms with Crippen LogP contribution in [0.15, 0.2) is 30.3 Å². The summed E-state index contributed by atoms with van der Waals surface area (Å²) in [5, 5.41) is 0. The molecule has 1 aromatic carbocycles. The molecule has 0 radical (unpaired) electrons. The van der Waals surface area contributed by atoms with Gasteiger partial charge in [-0.2, -0.15) is 21.6 Å². The lowest BCUT2D eigenvalue weighted by Gasteiger charge is -2.07. The maximum Gasteiger partial charge on any atom is 0.534 e. The van der Waals surface area contributed by atoms with E-state index in [0.29, 0.717) is 0 Å². The van der Waals surface area contributed by atoms with Gasteiger partial charge >= 0.3 is 21.6 Å². The molecule has 0 bridgehead atoms. The Balaban J connectivity index is 2.89. The normalized spacial score (nSPS) is 12.2. The highest BCUT2D eigenvalue weighted by atomic mass is 32.2. The van der Waals surface area contributed by atoms with E-state index in [2.05, 4.69) is 4.18 Å². The zero-order valence-corrected chi connectivity index (χ0v) is 8.38. The number of rotatable bonds is 2. The summed E-state index contributed by atoms with van der Waals surface area (Å²) in [6, 6.07) is 6.49. The van der Waals surface area contributed by atoms with Gasteiger partial charge in [-0.15, -0.1) is 0 Å². The van der Waals surface area contributed by atoms with Crippen LogP contribution in [0.25, 0.3) is 0 Å². The second-order valence-electron chi connectivity index (χ2n) is 2.64. The van der Waals surface area contributed by atoms with Crippen LogP contribution in [0.2, 0.25) is 0 Å². The summed E-state index contributed by atoms with van der Waals surface area (Å²) in [4.78, 5) is 11.0. The van der Waals surface area contributed by atoms with Crippen LogP contribution in [0.5, 0.6) is 0 Å². The molecule has 0 aliphatic rings. The zero-order valence-electron chi connectivity index (χ0n) is 7.56. The zero-order chi connectivity index (χ0) is 12.4. The van der Waals surface area contributed by atoms with Gasteiger partial charge in [-0.1, -0.05) is 18.2 Å². The molecule has 88 valence electrons. The molecule has 0 heterocycles. The lowest BCUT2D eigenvalue weighted by atomic mass is 10.2. The van der Waals surface area contributed by atoms with Crippen molar-refractivity contribution in [3.05, 3.63) is 35.9 Å². The first-order valence-corrected chi connectivity index (χ1v) is 5.25. The lowest BCUT2D eigenvalue weighted by molar-refractivity contribution is -0.0525. The topological polar surface area (TPSA) is 60.4 Å². The van der Waals surface area contributed by atoms with Crippen LogP contribution in [0.1, 0.15) is 10.4 Å². The molecule has 4 nitrogen and oxygen atoms in total. The smallest absolute Gasteiger partial charge is 0.335 e. The van der Waals surface area contributed by atoms with Crippen molar-refractivity contribution in [2.75, 3.05) is 0 Å². The molecule has 8 heteroatoms. The van der Waals surface area contributed by atoms with E-state index < -0.39 is 21.6 Å². The Hall–Kier alpha value is -1.57. The van der Waals surface area contributed by atoms with Gasteiger partial charge in [-0.25, -0.2) is 4.79 Å².